The van der Waals surface area contributed by atoms with Gasteiger partial charge in [-0.05, 0) is 43.5 Å². The Bertz CT molecular complexity index is 1040. The third-order valence-corrected chi connectivity index (χ3v) is 6.29. The van der Waals surface area contributed by atoms with Gasteiger partial charge in [-0.2, -0.15) is 0 Å². The number of urea groups is 1. The lowest BCUT2D eigenvalue weighted by molar-refractivity contribution is -0.367. The number of aromatic amines is 2. The lowest BCUT2D eigenvalue weighted by Gasteiger charge is -2.39. The summed E-state index contributed by atoms with van der Waals surface area (Å²) in [6.45, 7) is 3.74. The first kappa shape index (κ1) is 17.5. The van der Waals surface area contributed by atoms with Crippen LogP contribution in [-0.4, -0.2) is 46.1 Å². The van der Waals surface area contributed by atoms with Gasteiger partial charge in [0.05, 0.1) is 25.2 Å². The molecule has 0 radical (unpaired) electrons. The Balaban J connectivity index is 1.37. The first-order valence-electron chi connectivity index (χ1n) is 9.54. The molecule has 2 unspecified atom stereocenters. The maximum absolute atomic E-state index is 13.0. The van der Waals surface area contributed by atoms with E-state index in [2.05, 4.69) is 48.0 Å². The lowest BCUT2D eigenvalue weighted by atomic mass is 10.1. The molecule has 2 bridgehead atoms. The van der Waals surface area contributed by atoms with E-state index >= 15 is 0 Å². The summed E-state index contributed by atoms with van der Waals surface area (Å²) in [5.74, 6) is 1.09. The smallest absolute Gasteiger partial charge is 0.322 e. The van der Waals surface area contributed by atoms with Crippen LogP contribution in [0.2, 0.25) is 0 Å². The van der Waals surface area contributed by atoms with Gasteiger partial charge in [0.2, 0.25) is 17.8 Å². The quantitative estimate of drug-likeness (QED) is 0.639. The van der Waals surface area contributed by atoms with Crippen LogP contribution >= 0.6 is 15.9 Å². The van der Waals surface area contributed by atoms with Crippen LogP contribution in [0.3, 0.4) is 0 Å². The number of benzene rings is 1. The van der Waals surface area contributed by atoms with Gasteiger partial charge in [-0.15, -0.1) is 0 Å². The molecule has 0 aliphatic carbocycles. The minimum absolute atomic E-state index is 0.00747. The van der Waals surface area contributed by atoms with E-state index in [-0.39, 0.29) is 18.1 Å². The standard InChI is InChI=1S/C20H21BrN6O/c1-12-8-22-18-17(12)19(24-11-23-18)26-9-15-5-6-16(10-26)27(15)20(28)25-14-4-2-3-13(21)7-14/h2-4,7-8,11,15-16H,5-6,9-10H2,1H3,(H,25,28)(H,22,23,24)/p+1. The zero-order valence-electron chi connectivity index (χ0n) is 15.6. The van der Waals surface area contributed by atoms with Crippen molar-refractivity contribution in [2.75, 3.05) is 23.3 Å². The second kappa shape index (κ2) is 6.77. The zero-order valence-corrected chi connectivity index (χ0v) is 17.2. The number of halogens is 1. The molecule has 3 aromatic rings. The number of carbonyl (C=O) groups excluding carboxylic acids is 1. The highest BCUT2D eigenvalue weighted by Crippen LogP contribution is 2.34. The number of aryl methyl sites for hydroxylation is 1. The Morgan fingerprint density at radius 2 is 2.11 bits per heavy atom. The highest BCUT2D eigenvalue weighted by molar-refractivity contribution is 9.10. The van der Waals surface area contributed by atoms with Crippen LogP contribution < -0.4 is 15.2 Å². The maximum atomic E-state index is 13.0. The van der Waals surface area contributed by atoms with Crippen LogP contribution in [0, 0.1) is 6.92 Å². The first-order chi connectivity index (χ1) is 13.6. The van der Waals surface area contributed by atoms with Gasteiger partial charge in [0.1, 0.15) is 5.39 Å². The summed E-state index contributed by atoms with van der Waals surface area (Å²) >= 11 is 3.46. The second-order valence-corrected chi connectivity index (χ2v) is 8.50. The molecule has 2 amide bonds. The van der Waals surface area contributed by atoms with Crippen LogP contribution in [0.5, 0.6) is 0 Å². The molecule has 2 aliphatic heterocycles. The largest absolute Gasteiger partial charge is 0.332 e. The monoisotopic (exact) mass is 441 g/mol. The average Bonchev–Trinajstić information content (AvgIpc) is 3.19. The number of carbonyl (C=O) groups is 1. The van der Waals surface area contributed by atoms with Crippen molar-refractivity contribution in [1.82, 2.24) is 14.9 Å². The van der Waals surface area contributed by atoms with E-state index in [0.717, 1.165) is 52.9 Å². The third-order valence-electron chi connectivity index (χ3n) is 5.80. The van der Waals surface area contributed by atoms with Crippen LogP contribution in [0.4, 0.5) is 16.3 Å². The summed E-state index contributed by atoms with van der Waals surface area (Å²) in [6, 6.07) is 8.13. The predicted molar refractivity (Wildman–Crippen MR) is 111 cm³/mol. The molecule has 4 heterocycles. The van der Waals surface area contributed by atoms with Gasteiger partial charge in [0.25, 0.3) is 0 Å². The van der Waals surface area contributed by atoms with E-state index in [1.807, 2.05) is 35.4 Å². The van der Waals surface area contributed by atoms with Gasteiger partial charge in [-0.25, -0.2) is 9.78 Å². The molecule has 0 spiro atoms. The number of nitrogens with zero attached hydrogens (tertiary/aromatic N) is 3. The van der Waals surface area contributed by atoms with E-state index in [9.17, 15) is 4.79 Å². The minimum atomic E-state index is -0.00747. The molecule has 0 saturated carbocycles. The summed E-state index contributed by atoms with van der Waals surface area (Å²) in [5.41, 5.74) is 2.89. The van der Waals surface area contributed by atoms with E-state index in [0.29, 0.717) is 0 Å². The number of fused-ring (bicyclic) bond motifs is 3. The third kappa shape index (κ3) is 2.92. The number of anilines is 2. The highest BCUT2D eigenvalue weighted by atomic mass is 79.9. The maximum Gasteiger partial charge on any atom is 0.322 e. The van der Waals surface area contributed by atoms with Crippen molar-refractivity contribution in [1.29, 1.82) is 0 Å². The van der Waals surface area contributed by atoms with E-state index in [1.165, 1.54) is 5.56 Å². The van der Waals surface area contributed by atoms with Gasteiger partial charge in [0.15, 0.2) is 0 Å². The van der Waals surface area contributed by atoms with Crippen LogP contribution in [0.25, 0.3) is 11.0 Å². The molecule has 2 aliphatic rings. The normalized spacial score (nSPS) is 21.4. The van der Waals surface area contributed by atoms with Crippen molar-refractivity contribution in [3.8, 4) is 0 Å². The summed E-state index contributed by atoms with van der Waals surface area (Å²) in [5, 5.41) is 4.19. The topological polar surface area (TPSA) is 78.4 Å². The Hall–Kier alpha value is -2.61. The number of piperazine rings is 1. The second-order valence-electron chi connectivity index (χ2n) is 7.58. The molecule has 2 atom stereocenters. The van der Waals surface area contributed by atoms with Crippen molar-refractivity contribution in [3.63, 3.8) is 0 Å². The molecule has 2 fully saturated rings. The molecule has 1 aromatic carbocycles. The fraction of sp³-hybridized carbons (Fsp3) is 0.350. The number of hydrogen-bond donors (Lipinski definition) is 2. The number of aromatic nitrogens is 3. The molecule has 8 heteroatoms. The van der Waals surface area contributed by atoms with E-state index in [1.54, 1.807) is 6.33 Å². The van der Waals surface area contributed by atoms with Crippen LogP contribution in [0.15, 0.2) is 41.3 Å². The number of nitrogens with one attached hydrogen (secondary N) is 3. The molecule has 7 nitrogen and oxygen atoms in total. The lowest BCUT2D eigenvalue weighted by Crippen LogP contribution is -2.57. The number of hydrogen-bond acceptors (Lipinski definition) is 3. The van der Waals surface area contributed by atoms with Gasteiger partial charge in [0, 0.05) is 16.4 Å². The molecule has 28 heavy (non-hydrogen) atoms. The Labute approximate surface area is 171 Å². The Morgan fingerprint density at radius 3 is 2.86 bits per heavy atom. The highest BCUT2D eigenvalue weighted by Gasteiger charge is 2.45. The Morgan fingerprint density at radius 1 is 1.32 bits per heavy atom. The van der Waals surface area contributed by atoms with Crippen molar-refractivity contribution < 1.29 is 9.78 Å². The Kier molecular flexibility index (Phi) is 4.23. The van der Waals surface area contributed by atoms with E-state index < -0.39 is 0 Å². The molecular formula is C20H22BrN6O+. The fourth-order valence-electron chi connectivity index (χ4n) is 4.56. The van der Waals surface area contributed by atoms with Crippen molar-refractivity contribution in [2.24, 2.45) is 0 Å². The summed E-state index contributed by atoms with van der Waals surface area (Å²) < 4.78 is 0.956. The molecule has 144 valence electrons. The fourth-order valence-corrected chi connectivity index (χ4v) is 4.96. The van der Waals surface area contributed by atoms with Gasteiger partial charge in [-0.3, -0.25) is 4.90 Å². The first-order valence-corrected chi connectivity index (χ1v) is 10.3. The summed E-state index contributed by atoms with van der Waals surface area (Å²) in [4.78, 5) is 28.3. The average molecular weight is 442 g/mol. The van der Waals surface area contributed by atoms with Crippen molar-refractivity contribution in [2.45, 2.75) is 31.8 Å². The minimum Gasteiger partial charge on any atom is -0.332 e. The number of H-pyrrole nitrogens is 2. The number of rotatable bonds is 2. The predicted octanol–water partition coefficient (Wildman–Crippen LogP) is 3.33. The molecule has 2 aromatic heterocycles. The van der Waals surface area contributed by atoms with Gasteiger partial charge < -0.3 is 15.2 Å². The van der Waals surface area contributed by atoms with E-state index in [4.69, 9.17) is 0 Å². The van der Waals surface area contributed by atoms with Crippen LogP contribution in [0.1, 0.15) is 18.4 Å². The zero-order chi connectivity index (χ0) is 19.3. The van der Waals surface area contributed by atoms with Crippen molar-refractivity contribution in [3.05, 3.63) is 46.8 Å². The van der Waals surface area contributed by atoms with Crippen molar-refractivity contribution >= 4 is 44.5 Å². The van der Waals surface area contributed by atoms with Gasteiger partial charge >= 0.3 is 6.03 Å². The number of amides is 2. The van der Waals surface area contributed by atoms with Crippen LogP contribution in [-0.2, 0) is 0 Å². The molecule has 3 N–H and O–H groups in total. The molecule has 5 rings (SSSR count). The van der Waals surface area contributed by atoms with Gasteiger partial charge in [-0.1, -0.05) is 27.0 Å². The summed E-state index contributed by atoms with van der Waals surface area (Å²) in [6.07, 6.45) is 5.80. The molecule has 2 saturated heterocycles. The summed E-state index contributed by atoms with van der Waals surface area (Å²) in [7, 11) is 0. The SMILES string of the molecule is Cc1c[nH]c2nc[nH+]c(N3CC4CCC(C3)N4C(=O)Nc3cccc(Br)c3)c12. The molecular weight excluding hydrogens is 420 g/mol.